The van der Waals surface area contributed by atoms with Gasteiger partial charge in [-0.2, -0.15) is 0 Å². The van der Waals surface area contributed by atoms with Crippen LogP contribution in [0, 0.1) is 0 Å². The Balaban J connectivity index is 2.41. The van der Waals surface area contributed by atoms with Crippen LogP contribution in [0.25, 0.3) is 0 Å². The first kappa shape index (κ1) is 9.92. The third-order valence-electron chi connectivity index (χ3n) is 2.29. The number of hydrogen-bond acceptors (Lipinski definition) is 4. The van der Waals surface area contributed by atoms with Gasteiger partial charge >= 0.3 is 0 Å². The van der Waals surface area contributed by atoms with Crippen LogP contribution in [0.15, 0.2) is 0 Å². The fraction of sp³-hybridized carbons (Fsp3) is 1.00. The van der Waals surface area contributed by atoms with Gasteiger partial charge in [0, 0.05) is 0 Å². The molecule has 4 heteroatoms. The van der Waals surface area contributed by atoms with Gasteiger partial charge in [0.2, 0.25) is 0 Å². The van der Waals surface area contributed by atoms with Crippen LogP contribution in [0.2, 0.25) is 0 Å². The third kappa shape index (κ3) is 2.42. The lowest BCUT2D eigenvalue weighted by Crippen LogP contribution is -2.54. The van der Waals surface area contributed by atoms with Crippen LogP contribution >= 0.6 is 0 Å². The summed E-state index contributed by atoms with van der Waals surface area (Å²) >= 11 is 0. The zero-order valence-electron chi connectivity index (χ0n) is 8.03. The van der Waals surface area contributed by atoms with E-state index in [1.54, 1.807) is 0 Å². The fourth-order valence-corrected chi connectivity index (χ4v) is 1.47. The van der Waals surface area contributed by atoms with Crippen molar-refractivity contribution in [2.24, 2.45) is 0 Å². The first-order valence-corrected chi connectivity index (χ1v) is 4.58. The number of nitrogens with zero attached hydrogens (tertiary/aromatic N) is 3. The smallest absolute Gasteiger partial charge is 0.0976 e. The van der Waals surface area contributed by atoms with Crippen molar-refractivity contribution in [1.82, 2.24) is 14.7 Å². The van der Waals surface area contributed by atoms with Crippen LogP contribution < -0.4 is 0 Å². The van der Waals surface area contributed by atoms with Crippen LogP contribution in [-0.4, -0.2) is 59.6 Å². The van der Waals surface area contributed by atoms with Crippen molar-refractivity contribution in [3.63, 3.8) is 0 Å². The second kappa shape index (κ2) is 4.77. The molecule has 4 nitrogen and oxygen atoms in total. The van der Waals surface area contributed by atoms with E-state index in [9.17, 15) is 0 Å². The Bertz CT molecular complexity index is 102. The van der Waals surface area contributed by atoms with Crippen molar-refractivity contribution in [3.8, 4) is 0 Å². The van der Waals surface area contributed by atoms with Crippen molar-refractivity contribution in [2.45, 2.75) is 13.8 Å². The molecule has 1 saturated heterocycles. The molecule has 1 aliphatic rings. The van der Waals surface area contributed by atoms with Crippen molar-refractivity contribution >= 4 is 0 Å². The number of rotatable bonds is 3. The normalized spacial score (nSPS) is 23.2. The van der Waals surface area contributed by atoms with E-state index in [0.717, 1.165) is 33.1 Å². The van der Waals surface area contributed by atoms with Gasteiger partial charge in [-0.3, -0.25) is 14.7 Å². The largest absolute Gasteiger partial charge is 0.381 e. The SMILES string of the molecule is CCN1CN(CC)CN(CO)C1. The van der Waals surface area contributed by atoms with Crippen LogP contribution in [-0.2, 0) is 0 Å². The van der Waals surface area contributed by atoms with Gasteiger partial charge in [-0.1, -0.05) is 13.8 Å². The van der Waals surface area contributed by atoms with Crippen LogP contribution in [0.4, 0.5) is 0 Å². The average Bonchev–Trinajstić information content (AvgIpc) is 2.16. The molecule has 12 heavy (non-hydrogen) atoms. The zero-order valence-corrected chi connectivity index (χ0v) is 8.03. The molecule has 72 valence electrons. The molecule has 1 N–H and O–H groups in total. The van der Waals surface area contributed by atoms with Gasteiger partial charge in [-0.05, 0) is 13.1 Å². The summed E-state index contributed by atoms with van der Waals surface area (Å²) in [4.78, 5) is 6.64. The van der Waals surface area contributed by atoms with Crippen molar-refractivity contribution < 1.29 is 5.11 Å². The van der Waals surface area contributed by atoms with E-state index in [4.69, 9.17) is 5.11 Å². The lowest BCUT2D eigenvalue weighted by molar-refractivity contribution is -0.0607. The molecule has 1 rings (SSSR count). The highest BCUT2D eigenvalue weighted by Crippen LogP contribution is 2.05. The van der Waals surface area contributed by atoms with Gasteiger partial charge < -0.3 is 5.11 Å². The first-order valence-electron chi connectivity index (χ1n) is 4.58. The molecular weight excluding hydrogens is 154 g/mol. The molecule has 1 heterocycles. The Kier molecular flexibility index (Phi) is 3.94. The molecule has 0 aromatic carbocycles. The minimum absolute atomic E-state index is 0.160. The van der Waals surface area contributed by atoms with E-state index >= 15 is 0 Å². The molecule has 0 saturated carbocycles. The second-order valence-corrected chi connectivity index (χ2v) is 3.21. The van der Waals surface area contributed by atoms with Gasteiger partial charge in [0.1, 0.15) is 0 Å². The number of hydrogen-bond donors (Lipinski definition) is 1. The highest BCUT2D eigenvalue weighted by molar-refractivity contribution is 4.65. The molecule has 0 spiro atoms. The predicted molar refractivity (Wildman–Crippen MR) is 48.3 cm³/mol. The Morgan fingerprint density at radius 1 is 0.917 bits per heavy atom. The lowest BCUT2D eigenvalue weighted by atomic mass is 10.5. The molecule has 0 unspecified atom stereocenters. The van der Waals surface area contributed by atoms with E-state index in [-0.39, 0.29) is 6.73 Å². The Hall–Kier alpha value is -0.160. The minimum atomic E-state index is 0.160. The molecular formula is C8H19N3O. The fourth-order valence-electron chi connectivity index (χ4n) is 1.47. The Labute approximate surface area is 74.4 Å². The van der Waals surface area contributed by atoms with Crippen molar-refractivity contribution in [2.75, 3.05) is 39.8 Å². The summed E-state index contributed by atoms with van der Waals surface area (Å²) in [5, 5.41) is 8.99. The van der Waals surface area contributed by atoms with Crippen LogP contribution in [0.3, 0.4) is 0 Å². The quantitative estimate of drug-likeness (QED) is 0.638. The maximum absolute atomic E-state index is 8.99. The summed E-state index contributed by atoms with van der Waals surface area (Å²) in [5.41, 5.74) is 0. The predicted octanol–water partition coefficient (Wildman–Crippen LogP) is -0.232. The molecule has 0 bridgehead atoms. The summed E-state index contributed by atoms with van der Waals surface area (Å²) in [5.74, 6) is 0. The highest BCUT2D eigenvalue weighted by atomic mass is 16.3. The summed E-state index contributed by atoms with van der Waals surface area (Å²) < 4.78 is 0. The molecule has 0 amide bonds. The van der Waals surface area contributed by atoms with Crippen LogP contribution in [0.5, 0.6) is 0 Å². The van der Waals surface area contributed by atoms with Gasteiger partial charge in [-0.25, -0.2) is 0 Å². The monoisotopic (exact) mass is 173 g/mol. The summed E-state index contributed by atoms with van der Waals surface area (Å²) in [6, 6.07) is 0. The van der Waals surface area contributed by atoms with E-state index in [1.165, 1.54) is 0 Å². The maximum atomic E-state index is 8.99. The van der Waals surface area contributed by atoms with Gasteiger partial charge in [0.15, 0.2) is 0 Å². The van der Waals surface area contributed by atoms with Crippen molar-refractivity contribution in [3.05, 3.63) is 0 Å². The summed E-state index contributed by atoms with van der Waals surface area (Å²) in [7, 11) is 0. The van der Waals surface area contributed by atoms with Gasteiger partial charge in [-0.15, -0.1) is 0 Å². The number of aliphatic hydroxyl groups is 1. The summed E-state index contributed by atoms with van der Waals surface area (Å²) in [6.07, 6.45) is 0. The number of aliphatic hydroxyl groups excluding tert-OH is 1. The molecule has 0 aromatic rings. The van der Waals surface area contributed by atoms with Crippen molar-refractivity contribution in [1.29, 1.82) is 0 Å². The van der Waals surface area contributed by atoms with Gasteiger partial charge in [0.25, 0.3) is 0 Å². The molecule has 0 radical (unpaired) electrons. The minimum Gasteiger partial charge on any atom is -0.381 e. The average molecular weight is 173 g/mol. The third-order valence-corrected chi connectivity index (χ3v) is 2.29. The van der Waals surface area contributed by atoms with E-state index in [2.05, 4.69) is 23.6 Å². The Morgan fingerprint density at radius 2 is 1.33 bits per heavy atom. The lowest BCUT2D eigenvalue weighted by Gasteiger charge is -2.40. The van der Waals surface area contributed by atoms with Gasteiger partial charge in [0.05, 0.1) is 26.7 Å². The van der Waals surface area contributed by atoms with E-state index in [1.807, 2.05) is 4.90 Å². The molecule has 1 aliphatic heterocycles. The van der Waals surface area contributed by atoms with E-state index < -0.39 is 0 Å². The maximum Gasteiger partial charge on any atom is 0.0976 e. The molecule has 1 fully saturated rings. The molecule has 0 atom stereocenters. The van der Waals surface area contributed by atoms with E-state index in [0.29, 0.717) is 0 Å². The standard InChI is InChI=1S/C8H19N3O/c1-3-9-5-10(4-2)7-11(6-9)8-12/h12H,3-8H2,1-2H3. The topological polar surface area (TPSA) is 30.0 Å². The molecule has 0 aromatic heterocycles. The Morgan fingerprint density at radius 3 is 1.67 bits per heavy atom. The zero-order chi connectivity index (χ0) is 8.97. The molecule has 0 aliphatic carbocycles. The second-order valence-electron chi connectivity index (χ2n) is 3.21. The highest BCUT2D eigenvalue weighted by Gasteiger charge is 2.19. The summed E-state index contributed by atoms with van der Waals surface area (Å²) in [6.45, 7) is 9.37. The first-order chi connectivity index (χ1) is 5.80. The van der Waals surface area contributed by atoms with Crippen LogP contribution in [0.1, 0.15) is 13.8 Å².